The normalized spacial score (nSPS) is 24.8. The molecule has 0 amide bonds. The van der Waals surface area contributed by atoms with Gasteiger partial charge >= 0.3 is 0 Å². The second-order valence-electron chi connectivity index (χ2n) is 3.85. The number of hydrogen-bond donors (Lipinski definition) is 1. The maximum Gasteiger partial charge on any atom is 0.0718 e. The summed E-state index contributed by atoms with van der Waals surface area (Å²) in [6.45, 7) is 8.44. The Morgan fingerprint density at radius 3 is 2.36 bits per heavy atom. The highest BCUT2D eigenvalue weighted by Gasteiger charge is 2.21. The fraction of sp³-hybridized carbons (Fsp3) is 1.00. The molecule has 1 saturated heterocycles. The first kappa shape index (κ1) is 11.2. The third-order valence-electron chi connectivity index (χ3n) is 1.54. The molecule has 0 unspecified atom stereocenters. The van der Waals surface area contributed by atoms with E-state index in [2.05, 4.69) is 26.1 Å². The Hall–Kier alpha value is 0.210. The summed E-state index contributed by atoms with van der Waals surface area (Å²) in [5.74, 6) is 0. The Labute approximate surface area is 75.1 Å². The average molecular weight is 180 g/mol. The van der Waals surface area contributed by atoms with Crippen molar-refractivity contribution in [3.8, 4) is 0 Å². The van der Waals surface area contributed by atoms with Gasteiger partial charge in [-0.25, -0.2) is 0 Å². The first-order valence-corrected chi connectivity index (χ1v) is 3.96. The molecule has 0 radical (unpaired) electrons. The lowest BCUT2D eigenvalue weighted by Gasteiger charge is -2.23. The molecule has 68 valence electrons. The monoisotopic (exact) mass is 179 g/mol. The maximum absolute atomic E-state index is 5.74. The van der Waals surface area contributed by atoms with Crippen LogP contribution < -0.4 is 5.32 Å². The van der Waals surface area contributed by atoms with E-state index < -0.39 is 0 Å². The predicted molar refractivity (Wildman–Crippen MR) is 49.4 cm³/mol. The van der Waals surface area contributed by atoms with Gasteiger partial charge in [0, 0.05) is 6.54 Å². The molecule has 0 bridgehead atoms. The van der Waals surface area contributed by atoms with E-state index in [4.69, 9.17) is 4.74 Å². The summed E-state index contributed by atoms with van der Waals surface area (Å²) in [5, 5.41) is 3.27. The number of ether oxygens (including phenoxy) is 1. The van der Waals surface area contributed by atoms with Gasteiger partial charge in [0.1, 0.15) is 0 Å². The molecule has 1 aliphatic rings. The van der Waals surface area contributed by atoms with Gasteiger partial charge in [0.2, 0.25) is 0 Å². The quantitative estimate of drug-likeness (QED) is 0.660. The van der Waals surface area contributed by atoms with Crippen molar-refractivity contribution < 1.29 is 4.74 Å². The van der Waals surface area contributed by atoms with Crippen molar-refractivity contribution in [3.05, 3.63) is 0 Å². The van der Waals surface area contributed by atoms with Gasteiger partial charge in [0.15, 0.2) is 0 Å². The van der Waals surface area contributed by atoms with Gasteiger partial charge in [0.25, 0.3) is 0 Å². The summed E-state index contributed by atoms with van der Waals surface area (Å²) >= 11 is 0. The van der Waals surface area contributed by atoms with Gasteiger partial charge in [0.05, 0.1) is 11.7 Å². The van der Waals surface area contributed by atoms with Gasteiger partial charge in [-0.15, -0.1) is 12.4 Å². The molecular formula is C8H18ClNO. The van der Waals surface area contributed by atoms with E-state index in [1.165, 1.54) is 0 Å². The van der Waals surface area contributed by atoms with Crippen molar-refractivity contribution >= 4 is 12.4 Å². The zero-order valence-electron chi connectivity index (χ0n) is 7.52. The molecular weight excluding hydrogens is 162 g/mol. The summed E-state index contributed by atoms with van der Waals surface area (Å²) < 4.78 is 5.74. The van der Waals surface area contributed by atoms with Crippen molar-refractivity contribution in [1.82, 2.24) is 5.32 Å². The average Bonchev–Trinajstić information content (AvgIpc) is 2.12. The Bertz CT molecular complexity index is 105. The van der Waals surface area contributed by atoms with E-state index in [1.807, 2.05) is 0 Å². The minimum absolute atomic E-state index is 0. The Kier molecular flexibility index (Phi) is 4.37. The molecule has 0 spiro atoms. The molecule has 0 aromatic rings. The second kappa shape index (κ2) is 4.29. The molecule has 1 rings (SSSR count). The van der Waals surface area contributed by atoms with Crippen LogP contribution in [0.4, 0.5) is 0 Å². The third kappa shape index (κ3) is 4.62. The molecule has 1 N–H and O–H groups in total. The van der Waals surface area contributed by atoms with Gasteiger partial charge < -0.3 is 10.1 Å². The van der Waals surface area contributed by atoms with Crippen LogP contribution in [0.15, 0.2) is 0 Å². The standard InChI is InChI=1S/C8H17NO.ClH/c1-8(2,3)10-7-4-5-9-6-7;/h7,9H,4-6H2,1-3H3;1H/t7-;/m0./s1. The number of hydrogen-bond acceptors (Lipinski definition) is 2. The fourth-order valence-corrected chi connectivity index (χ4v) is 1.23. The summed E-state index contributed by atoms with van der Waals surface area (Å²) in [6, 6.07) is 0. The van der Waals surface area contributed by atoms with Crippen LogP contribution in [0.5, 0.6) is 0 Å². The first-order chi connectivity index (χ1) is 4.58. The summed E-state index contributed by atoms with van der Waals surface area (Å²) in [5.41, 5.74) is 0.0245. The van der Waals surface area contributed by atoms with Crippen LogP contribution in [-0.4, -0.2) is 24.8 Å². The van der Waals surface area contributed by atoms with Crippen molar-refractivity contribution in [1.29, 1.82) is 0 Å². The molecule has 0 aliphatic carbocycles. The van der Waals surface area contributed by atoms with E-state index in [0.717, 1.165) is 19.5 Å². The molecule has 1 heterocycles. The van der Waals surface area contributed by atoms with E-state index >= 15 is 0 Å². The zero-order chi connectivity index (χ0) is 7.61. The molecule has 11 heavy (non-hydrogen) atoms. The van der Waals surface area contributed by atoms with Crippen molar-refractivity contribution in [2.45, 2.75) is 38.9 Å². The fourth-order valence-electron chi connectivity index (χ4n) is 1.23. The summed E-state index contributed by atoms with van der Waals surface area (Å²) in [7, 11) is 0. The lowest BCUT2D eigenvalue weighted by molar-refractivity contribution is -0.0499. The summed E-state index contributed by atoms with van der Waals surface area (Å²) in [4.78, 5) is 0. The SMILES string of the molecule is CC(C)(C)O[C@H]1CCNC1.Cl. The van der Waals surface area contributed by atoms with Crippen LogP contribution >= 0.6 is 12.4 Å². The molecule has 1 aliphatic heterocycles. The second-order valence-corrected chi connectivity index (χ2v) is 3.85. The minimum atomic E-state index is 0. The van der Waals surface area contributed by atoms with Gasteiger partial charge in [-0.2, -0.15) is 0 Å². The largest absolute Gasteiger partial charge is 0.371 e. The molecule has 1 atom stereocenters. The molecule has 3 heteroatoms. The zero-order valence-corrected chi connectivity index (χ0v) is 8.33. The maximum atomic E-state index is 5.74. The molecule has 0 aromatic carbocycles. The van der Waals surface area contributed by atoms with E-state index in [0.29, 0.717) is 6.10 Å². The number of nitrogens with one attached hydrogen (secondary N) is 1. The highest BCUT2D eigenvalue weighted by atomic mass is 35.5. The predicted octanol–water partition coefficient (Wildman–Crippen LogP) is 1.59. The molecule has 0 aromatic heterocycles. The number of halogens is 1. The van der Waals surface area contributed by atoms with Gasteiger partial charge in [-0.3, -0.25) is 0 Å². The third-order valence-corrected chi connectivity index (χ3v) is 1.54. The van der Waals surface area contributed by atoms with Gasteiger partial charge in [-0.05, 0) is 33.7 Å². The van der Waals surface area contributed by atoms with Crippen LogP contribution in [0, 0.1) is 0 Å². The van der Waals surface area contributed by atoms with Crippen LogP contribution in [0.1, 0.15) is 27.2 Å². The molecule has 1 fully saturated rings. The highest BCUT2D eigenvalue weighted by Crippen LogP contribution is 2.14. The molecule has 2 nitrogen and oxygen atoms in total. The minimum Gasteiger partial charge on any atom is -0.371 e. The van der Waals surface area contributed by atoms with Crippen LogP contribution in [0.25, 0.3) is 0 Å². The van der Waals surface area contributed by atoms with E-state index in [1.54, 1.807) is 0 Å². The Balaban J connectivity index is 0.000001000. The van der Waals surface area contributed by atoms with Crippen LogP contribution in [-0.2, 0) is 4.74 Å². The summed E-state index contributed by atoms with van der Waals surface area (Å²) in [6.07, 6.45) is 1.61. The lowest BCUT2D eigenvalue weighted by Crippen LogP contribution is -2.28. The van der Waals surface area contributed by atoms with Crippen LogP contribution in [0.3, 0.4) is 0 Å². The molecule has 0 saturated carbocycles. The smallest absolute Gasteiger partial charge is 0.0718 e. The van der Waals surface area contributed by atoms with Crippen molar-refractivity contribution in [2.24, 2.45) is 0 Å². The topological polar surface area (TPSA) is 21.3 Å². The van der Waals surface area contributed by atoms with Crippen molar-refractivity contribution in [3.63, 3.8) is 0 Å². The highest BCUT2D eigenvalue weighted by molar-refractivity contribution is 5.85. The number of rotatable bonds is 1. The Morgan fingerprint density at radius 1 is 1.36 bits per heavy atom. The van der Waals surface area contributed by atoms with E-state index in [9.17, 15) is 0 Å². The van der Waals surface area contributed by atoms with Gasteiger partial charge in [-0.1, -0.05) is 0 Å². The van der Waals surface area contributed by atoms with E-state index in [-0.39, 0.29) is 18.0 Å². The lowest BCUT2D eigenvalue weighted by atomic mass is 10.2. The Morgan fingerprint density at radius 2 is 2.00 bits per heavy atom. The van der Waals surface area contributed by atoms with Crippen LogP contribution in [0.2, 0.25) is 0 Å². The van der Waals surface area contributed by atoms with Crippen molar-refractivity contribution in [2.75, 3.05) is 13.1 Å². The first-order valence-electron chi connectivity index (χ1n) is 3.96.